The van der Waals surface area contributed by atoms with Crippen LogP contribution in [0.5, 0.6) is 0 Å². The van der Waals surface area contributed by atoms with Gasteiger partial charge in [-0.1, -0.05) is 26.2 Å². The summed E-state index contributed by atoms with van der Waals surface area (Å²) in [6.07, 6.45) is 6.26. The van der Waals surface area contributed by atoms with Gasteiger partial charge in [-0.3, -0.25) is 4.79 Å². The third-order valence-corrected chi connectivity index (χ3v) is 6.44. The number of nitrogens with zero attached hydrogens (tertiary/aromatic N) is 1. The summed E-state index contributed by atoms with van der Waals surface area (Å²) in [6, 6.07) is 6.45. The summed E-state index contributed by atoms with van der Waals surface area (Å²) in [5.41, 5.74) is 0.640. The van der Waals surface area contributed by atoms with E-state index >= 15 is 0 Å². The van der Waals surface area contributed by atoms with Crippen molar-refractivity contribution in [2.45, 2.75) is 56.8 Å². The number of rotatable bonds is 7. The molecule has 8 heteroatoms. The smallest absolute Gasteiger partial charge is 0.243 e. The first-order chi connectivity index (χ1) is 12.4. The molecule has 0 spiro atoms. The summed E-state index contributed by atoms with van der Waals surface area (Å²) < 4.78 is 26.8. The molecule has 1 heterocycles. The summed E-state index contributed by atoms with van der Waals surface area (Å²) in [5.74, 6) is -0.111. The molecule has 2 N–H and O–H groups in total. The van der Waals surface area contributed by atoms with Crippen LogP contribution in [0.3, 0.4) is 0 Å². The number of anilines is 1. The van der Waals surface area contributed by atoms with Crippen LogP contribution in [0, 0.1) is 0 Å². The summed E-state index contributed by atoms with van der Waals surface area (Å²) in [5, 5.41) is 5.77. The molecule has 0 bridgehead atoms. The average Bonchev–Trinajstić information content (AvgIpc) is 2.63. The van der Waals surface area contributed by atoms with Gasteiger partial charge in [0.05, 0.1) is 4.90 Å². The van der Waals surface area contributed by atoms with Crippen LogP contribution in [0.2, 0.25) is 0 Å². The lowest BCUT2D eigenvalue weighted by Crippen LogP contribution is -2.35. The van der Waals surface area contributed by atoms with E-state index in [9.17, 15) is 13.2 Å². The van der Waals surface area contributed by atoms with Crippen molar-refractivity contribution in [2.24, 2.45) is 0 Å². The van der Waals surface area contributed by atoms with E-state index in [4.69, 9.17) is 12.2 Å². The van der Waals surface area contributed by atoms with Gasteiger partial charge in [0.1, 0.15) is 0 Å². The second-order valence-electron chi connectivity index (χ2n) is 6.45. The van der Waals surface area contributed by atoms with Gasteiger partial charge in [-0.25, -0.2) is 8.42 Å². The number of piperidine rings is 1. The monoisotopic (exact) mass is 397 g/mol. The highest BCUT2D eigenvalue weighted by atomic mass is 32.2. The Bertz CT molecular complexity index is 712. The maximum atomic E-state index is 12.6. The topological polar surface area (TPSA) is 78.5 Å². The van der Waals surface area contributed by atoms with Gasteiger partial charge in [0.15, 0.2) is 5.11 Å². The number of unbranched alkanes of at least 4 members (excludes halogenated alkanes) is 2. The van der Waals surface area contributed by atoms with Crippen LogP contribution < -0.4 is 10.6 Å². The van der Waals surface area contributed by atoms with Crippen molar-refractivity contribution in [3.8, 4) is 0 Å². The zero-order valence-corrected chi connectivity index (χ0v) is 16.8. The Morgan fingerprint density at radius 1 is 1.12 bits per heavy atom. The molecule has 0 aliphatic carbocycles. The molecular formula is C18H27N3O3S2. The van der Waals surface area contributed by atoms with Crippen LogP contribution in [-0.2, 0) is 14.8 Å². The van der Waals surface area contributed by atoms with Crippen LogP contribution in [0.25, 0.3) is 0 Å². The molecule has 1 fully saturated rings. The molecule has 0 atom stereocenters. The maximum absolute atomic E-state index is 12.6. The lowest BCUT2D eigenvalue weighted by atomic mass is 10.2. The van der Waals surface area contributed by atoms with E-state index in [1.807, 2.05) is 0 Å². The van der Waals surface area contributed by atoms with Crippen molar-refractivity contribution in [3.05, 3.63) is 24.3 Å². The molecule has 0 saturated carbocycles. The van der Waals surface area contributed by atoms with Gasteiger partial charge in [-0.15, -0.1) is 0 Å². The van der Waals surface area contributed by atoms with E-state index in [2.05, 4.69) is 17.6 Å². The predicted molar refractivity (Wildman–Crippen MR) is 108 cm³/mol. The molecule has 144 valence electrons. The second kappa shape index (κ2) is 9.99. The quantitative estimate of drug-likeness (QED) is 0.545. The molecule has 1 aromatic carbocycles. The van der Waals surface area contributed by atoms with Crippen molar-refractivity contribution in [1.82, 2.24) is 9.62 Å². The van der Waals surface area contributed by atoms with Gasteiger partial charge in [-0.2, -0.15) is 4.31 Å². The first-order valence-corrected chi connectivity index (χ1v) is 11.0. The van der Waals surface area contributed by atoms with Crippen molar-refractivity contribution in [2.75, 3.05) is 18.4 Å². The van der Waals surface area contributed by atoms with Crippen molar-refractivity contribution in [1.29, 1.82) is 0 Å². The van der Waals surface area contributed by atoms with Crippen LogP contribution >= 0.6 is 12.2 Å². The maximum Gasteiger partial charge on any atom is 0.243 e. The van der Waals surface area contributed by atoms with E-state index < -0.39 is 10.0 Å². The van der Waals surface area contributed by atoms with Crippen molar-refractivity contribution in [3.63, 3.8) is 0 Å². The molecule has 26 heavy (non-hydrogen) atoms. The Morgan fingerprint density at radius 3 is 2.38 bits per heavy atom. The zero-order chi connectivity index (χ0) is 19.0. The van der Waals surface area contributed by atoms with Gasteiger partial charge in [0.2, 0.25) is 15.9 Å². The van der Waals surface area contributed by atoms with Crippen LogP contribution in [0.4, 0.5) is 5.69 Å². The van der Waals surface area contributed by atoms with Crippen LogP contribution in [0.1, 0.15) is 51.9 Å². The van der Waals surface area contributed by atoms with E-state index in [1.165, 1.54) is 0 Å². The Balaban J connectivity index is 1.90. The first-order valence-electron chi connectivity index (χ1n) is 9.14. The Hall–Kier alpha value is -1.51. The highest BCUT2D eigenvalue weighted by Crippen LogP contribution is 2.21. The van der Waals surface area contributed by atoms with Crippen LogP contribution in [0.15, 0.2) is 29.2 Å². The summed E-state index contributed by atoms with van der Waals surface area (Å²) in [4.78, 5) is 12.0. The molecule has 1 saturated heterocycles. The Morgan fingerprint density at radius 2 is 1.77 bits per heavy atom. The molecule has 1 aliphatic heterocycles. The first kappa shape index (κ1) is 20.8. The molecule has 1 aliphatic rings. The van der Waals surface area contributed by atoms with E-state index in [0.29, 0.717) is 25.2 Å². The number of benzene rings is 1. The molecule has 0 aromatic heterocycles. The lowest BCUT2D eigenvalue weighted by molar-refractivity contribution is -0.119. The zero-order valence-electron chi connectivity index (χ0n) is 15.2. The van der Waals surface area contributed by atoms with Crippen molar-refractivity contribution >= 4 is 38.9 Å². The van der Waals surface area contributed by atoms with Gasteiger partial charge in [0, 0.05) is 25.2 Å². The molecule has 0 unspecified atom stereocenters. The SMILES string of the molecule is CCCCCC(=O)NC(=S)Nc1ccc(S(=O)(=O)N2CCCCC2)cc1. The summed E-state index contributed by atoms with van der Waals surface area (Å²) in [7, 11) is -3.44. The fourth-order valence-electron chi connectivity index (χ4n) is 2.85. The number of hydrogen-bond acceptors (Lipinski definition) is 4. The summed E-state index contributed by atoms with van der Waals surface area (Å²) >= 11 is 5.13. The predicted octanol–water partition coefficient (Wildman–Crippen LogP) is 3.25. The highest BCUT2D eigenvalue weighted by molar-refractivity contribution is 7.89. The second-order valence-corrected chi connectivity index (χ2v) is 8.79. The minimum absolute atomic E-state index is 0.111. The third-order valence-electron chi connectivity index (χ3n) is 4.33. The minimum atomic E-state index is -3.44. The van der Waals surface area contributed by atoms with Gasteiger partial charge in [-0.05, 0) is 55.7 Å². The Kier molecular flexibility index (Phi) is 7.99. The average molecular weight is 398 g/mol. The number of carbonyl (C=O) groups excluding carboxylic acids is 1. The molecule has 1 aromatic rings. The highest BCUT2D eigenvalue weighted by Gasteiger charge is 2.25. The van der Waals surface area contributed by atoms with Gasteiger partial charge >= 0.3 is 0 Å². The third kappa shape index (κ3) is 6.03. The summed E-state index contributed by atoms with van der Waals surface area (Å²) in [6.45, 7) is 3.24. The number of carbonyl (C=O) groups is 1. The largest absolute Gasteiger partial charge is 0.332 e. The number of thiocarbonyl (C=S) groups is 1. The van der Waals surface area contributed by atoms with E-state index in [0.717, 1.165) is 38.5 Å². The normalized spacial score (nSPS) is 15.4. The lowest BCUT2D eigenvalue weighted by Gasteiger charge is -2.25. The molecule has 2 rings (SSSR count). The standard InChI is InChI=1S/C18H27N3O3S2/c1-2-3-5-8-17(22)20-18(25)19-15-9-11-16(12-10-15)26(23,24)21-13-6-4-7-14-21/h9-12H,2-8,13-14H2,1H3,(H2,19,20,22,25). The number of nitrogens with one attached hydrogen (secondary N) is 2. The van der Waals surface area contributed by atoms with Crippen molar-refractivity contribution < 1.29 is 13.2 Å². The molecule has 6 nitrogen and oxygen atoms in total. The fraction of sp³-hybridized carbons (Fsp3) is 0.556. The van der Waals surface area contributed by atoms with E-state index in [-0.39, 0.29) is 15.9 Å². The minimum Gasteiger partial charge on any atom is -0.332 e. The molecular weight excluding hydrogens is 370 g/mol. The Labute approximate surface area is 161 Å². The van der Waals surface area contributed by atoms with Crippen LogP contribution in [-0.4, -0.2) is 36.8 Å². The number of sulfonamides is 1. The number of amides is 1. The fourth-order valence-corrected chi connectivity index (χ4v) is 4.60. The van der Waals surface area contributed by atoms with Gasteiger partial charge < -0.3 is 10.6 Å². The number of hydrogen-bond donors (Lipinski definition) is 2. The van der Waals surface area contributed by atoms with E-state index in [1.54, 1.807) is 28.6 Å². The molecule has 0 radical (unpaired) electrons. The van der Waals surface area contributed by atoms with Gasteiger partial charge in [0.25, 0.3) is 0 Å². The molecule has 1 amide bonds.